The van der Waals surface area contributed by atoms with Gasteiger partial charge in [0.1, 0.15) is 0 Å². The highest BCUT2D eigenvalue weighted by molar-refractivity contribution is 7.99. The fourth-order valence-corrected chi connectivity index (χ4v) is 5.03. The first-order valence-electron chi connectivity index (χ1n) is 11.7. The zero-order valence-electron chi connectivity index (χ0n) is 19.1. The van der Waals surface area contributed by atoms with Crippen molar-refractivity contribution >= 4 is 56.1 Å². The molecule has 0 spiro atoms. The molecule has 0 amide bonds. The topological polar surface area (TPSA) is 24.1 Å². The summed E-state index contributed by atoms with van der Waals surface area (Å²) in [6.45, 7) is 0. The number of nitrogens with one attached hydrogen (secondary N) is 2. The van der Waals surface area contributed by atoms with Crippen molar-refractivity contribution in [3.8, 4) is 0 Å². The Kier molecular flexibility index (Phi) is 5.83. The number of hydrogen-bond donors (Lipinski definition) is 2. The quantitative estimate of drug-likeness (QED) is 0.254. The molecule has 0 aliphatic carbocycles. The van der Waals surface area contributed by atoms with Gasteiger partial charge in [-0.05, 0) is 94.3 Å². The van der Waals surface area contributed by atoms with Crippen molar-refractivity contribution in [3.05, 3.63) is 133 Å². The van der Waals surface area contributed by atoms with Gasteiger partial charge in [0.15, 0.2) is 0 Å². The maximum Gasteiger partial charge on any atom is 0.0390 e. The van der Waals surface area contributed by atoms with Crippen LogP contribution in [-0.4, -0.2) is 0 Å². The van der Waals surface area contributed by atoms with Gasteiger partial charge in [-0.15, -0.1) is 0 Å². The molecular formula is C32H24N2S. The van der Waals surface area contributed by atoms with Crippen LogP contribution >= 0.6 is 11.8 Å². The van der Waals surface area contributed by atoms with Gasteiger partial charge in [0.25, 0.3) is 0 Å². The molecule has 6 aromatic carbocycles. The van der Waals surface area contributed by atoms with Crippen molar-refractivity contribution in [2.24, 2.45) is 0 Å². The molecule has 2 N–H and O–H groups in total. The molecule has 168 valence electrons. The van der Waals surface area contributed by atoms with Crippen LogP contribution in [0.2, 0.25) is 0 Å². The maximum atomic E-state index is 3.51. The summed E-state index contributed by atoms with van der Waals surface area (Å²) < 4.78 is 0. The zero-order valence-corrected chi connectivity index (χ0v) is 19.9. The van der Waals surface area contributed by atoms with Crippen LogP contribution in [0, 0.1) is 0 Å². The Morgan fingerprint density at radius 2 is 0.714 bits per heavy atom. The third-order valence-electron chi connectivity index (χ3n) is 6.02. The highest BCUT2D eigenvalue weighted by Crippen LogP contribution is 2.31. The molecule has 35 heavy (non-hydrogen) atoms. The first-order valence-corrected chi connectivity index (χ1v) is 12.5. The monoisotopic (exact) mass is 468 g/mol. The van der Waals surface area contributed by atoms with Crippen molar-refractivity contribution in [1.82, 2.24) is 0 Å². The number of fused-ring (bicyclic) bond motifs is 2. The van der Waals surface area contributed by atoms with E-state index in [1.165, 1.54) is 31.3 Å². The van der Waals surface area contributed by atoms with Gasteiger partial charge < -0.3 is 10.6 Å². The normalized spacial score (nSPS) is 11.0. The van der Waals surface area contributed by atoms with Gasteiger partial charge in [0.2, 0.25) is 0 Å². The molecule has 6 aromatic rings. The summed E-state index contributed by atoms with van der Waals surface area (Å²) in [4.78, 5) is 2.42. The van der Waals surface area contributed by atoms with Gasteiger partial charge in [0, 0.05) is 32.5 Å². The average Bonchev–Trinajstić information content (AvgIpc) is 2.91. The Morgan fingerprint density at radius 3 is 1.14 bits per heavy atom. The van der Waals surface area contributed by atoms with E-state index in [0.717, 1.165) is 22.7 Å². The lowest BCUT2D eigenvalue weighted by Crippen LogP contribution is -1.90. The summed E-state index contributed by atoms with van der Waals surface area (Å²) in [5.74, 6) is 0. The molecule has 2 nitrogen and oxygen atoms in total. The Balaban J connectivity index is 1.10. The second-order valence-electron chi connectivity index (χ2n) is 8.52. The van der Waals surface area contributed by atoms with Crippen LogP contribution < -0.4 is 10.6 Å². The molecule has 0 heterocycles. The Hall–Kier alpha value is -4.21. The molecule has 0 aliphatic heterocycles. The number of anilines is 4. The van der Waals surface area contributed by atoms with Gasteiger partial charge >= 0.3 is 0 Å². The predicted molar refractivity (Wildman–Crippen MR) is 151 cm³/mol. The van der Waals surface area contributed by atoms with Crippen molar-refractivity contribution in [2.75, 3.05) is 10.6 Å². The molecule has 0 aliphatic rings. The molecule has 0 radical (unpaired) electrons. The van der Waals surface area contributed by atoms with Crippen LogP contribution in [0.1, 0.15) is 0 Å². The standard InChI is InChI=1S/C32H24N2S/c1-3-7-25-21-29(11-9-23(25)5-1)33-27-13-17-31(18-14-27)35-32-19-15-28(16-20-32)34-30-12-10-24-6-2-4-8-26(24)22-30/h1-22,33-34H. The molecule has 0 aromatic heterocycles. The predicted octanol–water partition coefficient (Wildman–Crippen LogP) is 9.63. The smallest absolute Gasteiger partial charge is 0.0390 e. The lowest BCUT2D eigenvalue weighted by Gasteiger charge is -2.10. The van der Waals surface area contributed by atoms with Crippen LogP contribution in [0.4, 0.5) is 22.7 Å². The molecule has 0 atom stereocenters. The van der Waals surface area contributed by atoms with Gasteiger partial charge in [-0.25, -0.2) is 0 Å². The number of benzene rings is 6. The maximum absolute atomic E-state index is 3.51. The number of hydrogen-bond acceptors (Lipinski definition) is 3. The lowest BCUT2D eigenvalue weighted by molar-refractivity contribution is 1.39. The van der Waals surface area contributed by atoms with E-state index in [2.05, 4.69) is 144 Å². The van der Waals surface area contributed by atoms with Gasteiger partial charge in [-0.2, -0.15) is 0 Å². The van der Waals surface area contributed by atoms with Gasteiger partial charge in [-0.1, -0.05) is 72.4 Å². The summed E-state index contributed by atoms with van der Waals surface area (Å²) >= 11 is 1.77. The van der Waals surface area contributed by atoms with E-state index >= 15 is 0 Å². The number of rotatable bonds is 6. The van der Waals surface area contributed by atoms with Crippen molar-refractivity contribution in [1.29, 1.82) is 0 Å². The fraction of sp³-hybridized carbons (Fsp3) is 0. The van der Waals surface area contributed by atoms with Crippen LogP contribution in [-0.2, 0) is 0 Å². The fourth-order valence-electron chi connectivity index (χ4n) is 4.22. The van der Waals surface area contributed by atoms with Crippen molar-refractivity contribution in [3.63, 3.8) is 0 Å². The molecular weight excluding hydrogens is 444 g/mol. The third-order valence-corrected chi connectivity index (χ3v) is 7.04. The molecule has 3 heteroatoms. The third kappa shape index (κ3) is 5.01. The van der Waals surface area contributed by atoms with Gasteiger partial charge in [-0.3, -0.25) is 0 Å². The lowest BCUT2D eigenvalue weighted by atomic mass is 10.1. The molecule has 0 unspecified atom stereocenters. The summed E-state index contributed by atoms with van der Waals surface area (Å²) in [7, 11) is 0. The molecule has 0 saturated carbocycles. The van der Waals surface area contributed by atoms with E-state index in [0.29, 0.717) is 0 Å². The first-order chi connectivity index (χ1) is 17.3. The van der Waals surface area contributed by atoms with E-state index in [1.54, 1.807) is 11.8 Å². The van der Waals surface area contributed by atoms with Crippen molar-refractivity contribution < 1.29 is 0 Å². The van der Waals surface area contributed by atoms with E-state index in [9.17, 15) is 0 Å². The van der Waals surface area contributed by atoms with E-state index in [-0.39, 0.29) is 0 Å². The van der Waals surface area contributed by atoms with E-state index in [4.69, 9.17) is 0 Å². The van der Waals surface area contributed by atoms with Crippen LogP contribution in [0.5, 0.6) is 0 Å². The highest BCUT2D eigenvalue weighted by Gasteiger charge is 2.02. The van der Waals surface area contributed by atoms with Crippen molar-refractivity contribution in [2.45, 2.75) is 9.79 Å². The largest absolute Gasteiger partial charge is 0.356 e. The highest BCUT2D eigenvalue weighted by atomic mass is 32.2. The summed E-state index contributed by atoms with van der Waals surface area (Å²) in [5.41, 5.74) is 4.36. The summed E-state index contributed by atoms with van der Waals surface area (Å²) in [6, 6.07) is 46.9. The van der Waals surface area contributed by atoms with Crippen LogP contribution in [0.3, 0.4) is 0 Å². The van der Waals surface area contributed by atoms with E-state index < -0.39 is 0 Å². The van der Waals surface area contributed by atoms with Crippen LogP contribution in [0.25, 0.3) is 21.5 Å². The second-order valence-corrected chi connectivity index (χ2v) is 9.67. The summed E-state index contributed by atoms with van der Waals surface area (Å²) in [6.07, 6.45) is 0. The average molecular weight is 469 g/mol. The molecule has 6 rings (SSSR count). The minimum atomic E-state index is 1.08. The molecule has 0 fully saturated rings. The van der Waals surface area contributed by atoms with E-state index in [1.807, 2.05) is 0 Å². The molecule has 0 bridgehead atoms. The SMILES string of the molecule is c1ccc2cc(Nc3ccc(Sc4ccc(Nc5ccc6ccccc6c5)cc4)cc3)ccc2c1. The Labute approximate surface area is 209 Å². The van der Waals surface area contributed by atoms with Crippen LogP contribution in [0.15, 0.2) is 143 Å². The molecule has 0 saturated heterocycles. The first kappa shape index (κ1) is 21.3. The minimum Gasteiger partial charge on any atom is -0.356 e. The Bertz CT molecular complexity index is 1480. The summed E-state index contributed by atoms with van der Waals surface area (Å²) in [5, 5.41) is 12.0. The van der Waals surface area contributed by atoms with Gasteiger partial charge in [0.05, 0.1) is 0 Å². The second kappa shape index (κ2) is 9.57. The Morgan fingerprint density at radius 1 is 0.343 bits per heavy atom. The minimum absolute atomic E-state index is 1.08. The zero-order chi connectivity index (χ0) is 23.5.